The molecule has 1 saturated carbocycles. The molecule has 3 heterocycles. The van der Waals surface area contributed by atoms with E-state index in [1.165, 1.54) is 27.4 Å². The number of aryl methyl sites for hydroxylation is 1. The Balaban J connectivity index is 1.28. The molecule has 1 N–H and O–H groups in total. The van der Waals surface area contributed by atoms with E-state index in [1.54, 1.807) is 19.2 Å². The highest BCUT2D eigenvalue weighted by Gasteiger charge is 2.42. The van der Waals surface area contributed by atoms with Crippen LogP contribution in [-0.4, -0.2) is 88.3 Å². The molecule has 2 aliphatic heterocycles. The predicted octanol–water partition coefficient (Wildman–Crippen LogP) is 1.78. The highest BCUT2D eigenvalue weighted by atomic mass is 32.2. The molecule has 1 saturated heterocycles. The number of hydrazone groups is 1. The van der Waals surface area contributed by atoms with Crippen LogP contribution in [-0.2, 0) is 17.1 Å². The largest absolute Gasteiger partial charge is 0.393 e. The number of fused-ring (bicyclic) bond motifs is 1. The molecule has 0 radical (unpaired) electrons. The molecule has 0 amide bonds. The molecule has 38 heavy (non-hydrogen) atoms. The van der Waals surface area contributed by atoms with Gasteiger partial charge in [0.15, 0.2) is 0 Å². The van der Waals surface area contributed by atoms with E-state index in [9.17, 15) is 17.9 Å². The highest BCUT2D eigenvalue weighted by Crippen LogP contribution is 2.37. The summed E-state index contributed by atoms with van der Waals surface area (Å²) in [5.74, 6) is 0.125. The number of benzene rings is 1. The molecule has 4 aliphatic rings. The Kier molecular flexibility index (Phi) is 6.45. The summed E-state index contributed by atoms with van der Waals surface area (Å²) in [5.41, 5.74) is 2.99. The zero-order valence-electron chi connectivity index (χ0n) is 21.4. The summed E-state index contributed by atoms with van der Waals surface area (Å²) < 4.78 is 41.8. The molecule has 202 valence electrons. The Morgan fingerprint density at radius 1 is 1.13 bits per heavy atom. The van der Waals surface area contributed by atoms with Crippen molar-refractivity contribution in [2.75, 3.05) is 31.2 Å². The van der Waals surface area contributed by atoms with Crippen LogP contribution in [0.25, 0.3) is 0 Å². The summed E-state index contributed by atoms with van der Waals surface area (Å²) in [7, 11) is -2.19. The second-order valence-corrected chi connectivity index (χ2v) is 12.5. The van der Waals surface area contributed by atoms with Crippen molar-refractivity contribution in [3.05, 3.63) is 59.6 Å². The normalized spacial score (nSPS) is 30.1. The van der Waals surface area contributed by atoms with Gasteiger partial charge >= 0.3 is 0 Å². The molecule has 2 unspecified atom stereocenters. The van der Waals surface area contributed by atoms with Crippen LogP contribution in [0.15, 0.2) is 63.9 Å². The summed E-state index contributed by atoms with van der Waals surface area (Å²) >= 11 is 0. The smallest absolute Gasteiger partial charge is 0.264 e. The molecule has 2 aliphatic carbocycles. The van der Waals surface area contributed by atoms with Gasteiger partial charge in [0.2, 0.25) is 5.03 Å². The van der Waals surface area contributed by atoms with E-state index in [0.717, 1.165) is 36.2 Å². The molecule has 12 heteroatoms. The lowest BCUT2D eigenvalue weighted by Crippen LogP contribution is -2.57. The van der Waals surface area contributed by atoms with E-state index in [0.29, 0.717) is 25.6 Å². The zero-order valence-corrected chi connectivity index (χ0v) is 22.2. The summed E-state index contributed by atoms with van der Waals surface area (Å²) in [4.78, 5) is 3.62. The van der Waals surface area contributed by atoms with Crippen LogP contribution in [0.1, 0.15) is 19.8 Å². The number of piperazine rings is 1. The SMILES string of the molecule is CC1=CC2C(C=NN2c2ccc(F)cc2)C=C1[C@H]1CN(S(=O)(=O)c2cnn(C)n2)CCN1C[C@H]1C[C@@H](O)C1. The molecule has 1 aromatic carbocycles. The molecule has 3 atom stereocenters. The summed E-state index contributed by atoms with van der Waals surface area (Å²) in [6.45, 7) is 4.14. The maximum Gasteiger partial charge on any atom is 0.264 e. The van der Waals surface area contributed by atoms with Gasteiger partial charge in [-0.3, -0.25) is 9.91 Å². The number of hydrogen-bond acceptors (Lipinski definition) is 8. The van der Waals surface area contributed by atoms with Crippen molar-refractivity contribution in [3.8, 4) is 0 Å². The minimum absolute atomic E-state index is 0.0121. The van der Waals surface area contributed by atoms with E-state index in [4.69, 9.17) is 0 Å². The van der Waals surface area contributed by atoms with Crippen LogP contribution in [0.4, 0.5) is 10.1 Å². The predicted molar refractivity (Wildman–Crippen MR) is 140 cm³/mol. The fourth-order valence-electron chi connectivity index (χ4n) is 5.98. The Bertz CT molecular complexity index is 1400. The van der Waals surface area contributed by atoms with Gasteiger partial charge in [-0.15, -0.1) is 5.10 Å². The van der Waals surface area contributed by atoms with Crippen molar-refractivity contribution in [2.24, 2.45) is 24.0 Å². The first-order chi connectivity index (χ1) is 18.2. The third-order valence-corrected chi connectivity index (χ3v) is 9.81. The van der Waals surface area contributed by atoms with E-state index >= 15 is 0 Å². The number of rotatable bonds is 6. The molecule has 0 spiro atoms. The summed E-state index contributed by atoms with van der Waals surface area (Å²) in [5, 5.41) is 24.3. The number of halogens is 1. The quantitative estimate of drug-likeness (QED) is 0.594. The van der Waals surface area contributed by atoms with Gasteiger partial charge in [0, 0.05) is 51.4 Å². The van der Waals surface area contributed by atoms with Crippen LogP contribution in [0, 0.1) is 17.7 Å². The lowest BCUT2D eigenvalue weighted by Gasteiger charge is -2.46. The lowest BCUT2D eigenvalue weighted by atomic mass is 9.80. The van der Waals surface area contributed by atoms with Gasteiger partial charge in [0.25, 0.3) is 10.0 Å². The Morgan fingerprint density at radius 3 is 2.58 bits per heavy atom. The standard InChI is InChI=1S/C26H32FN7O3S/c1-17-9-24-19(13-29-34(24)21-5-3-20(27)4-6-21)12-23(17)25-16-33(38(36,37)26-14-28-31(2)30-26)8-7-32(25)15-18-10-22(35)11-18/h3-6,9,12-14,18-19,22,24-25,35H,7-8,10-11,15-16H2,1-2H3/t18-,19?,22+,24?,25-/m1/s1. The van der Waals surface area contributed by atoms with Crippen molar-refractivity contribution in [3.63, 3.8) is 0 Å². The monoisotopic (exact) mass is 541 g/mol. The molecule has 2 fully saturated rings. The number of hydrogen-bond donors (Lipinski definition) is 1. The number of aliphatic hydroxyl groups is 1. The first kappa shape index (κ1) is 25.4. The molecule has 6 rings (SSSR count). The third kappa shape index (κ3) is 4.59. The molecule has 10 nitrogen and oxygen atoms in total. The van der Waals surface area contributed by atoms with Crippen molar-refractivity contribution < 1.29 is 17.9 Å². The van der Waals surface area contributed by atoms with Crippen molar-refractivity contribution in [1.82, 2.24) is 24.2 Å². The molecule has 2 aromatic rings. The molecule has 0 bridgehead atoms. The van der Waals surface area contributed by atoms with Gasteiger partial charge in [-0.25, -0.2) is 12.8 Å². The second kappa shape index (κ2) is 9.67. The van der Waals surface area contributed by atoms with E-state index in [1.807, 2.05) is 11.2 Å². The fourth-order valence-corrected chi connectivity index (χ4v) is 7.31. The number of nitrogens with zero attached hydrogens (tertiary/aromatic N) is 7. The average molecular weight is 542 g/mol. The van der Waals surface area contributed by atoms with Gasteiger partial charge in [-0.05, 0) is 61.1 Å². The number of aliphatic hydroxyl groups excluding tert-OH is 1. The van der Waals surface area contributed by atoms with Gasteiger partial charge in [-0.1, -0.05) is 12.2 Å². The first-order valence-electron chi connectivity index (χ1n) is 13.0. The van der Waals surface area contributed by atoms with Gasteiger partial charge < -0.3 is 5.11 Å². The van der Waals surface area contributed by atoms with Gasteiger partial charge in [0.05, 0.1) is 24.0 Å². The van der Waals surface area contributed by atoms with Crippen LogP contribution in [0.5, 0.6) is 0 Å². The number of sulfonamides is 1. The first-order valence-corrected chi connectivity index (χ1v) is 14.4. The minimum atomic E-state index is -3.79. The van der Waals surface area contributed by atoms with Crippen LogP contribution >= 0.6 is 0 Å². The van der Waals surface area contributed by atoms with Crippen LogP contribution in [0.2, 0.25) is 0 Å². The Labute approximate surface area is 221 Å². The molecule has 1 aromatic heterocycles. The maximum absolute atomic E-state index is 13.5. The lowest BCUT2D eigenvalue weighted by molar-refractivity contribution is 0.0112. The summed E-state index contributed by atoms with van der Waals surface area (Å²) in [6, 6.07) is 6.15. The van der Waals surface area contributed by atoms with Gasteiger partial charge in [0.1, 0.15) is 5.82 Å². The third-order valence-electron chi connectivity index (χ3n) is 8.08. The van der Waals surface area contributed by atoms with Crippen molar-refractivity contribution in [2.45, 2.75) is 43.0 Å². The fraction of sp³-hybridized carbons (Fsp3) is 0.500. The Hall–Kier alpha value is -2.93. The maximum atomic E-state index is 13.5. The molecular formula is C26H32FN7O3S. The second-order valence-electron chi connectivity index (χ2n) is 10.7. The van der Waals surface area contributed by atoms with E-state index < -0.39 is 10.0 Å². The average Bonchev–Trinajstić information content (AvgIpc) is 3.50. The molecular weight excluding hydrogens is 509 g/mol. The van der Waals surface area contributed by atoms with E-state index in [2.05, 4.69) is 39.3 Å². The summed E-state index contributed by atoms with van der Waals surface area (Å²) in [6.07, 6.45) is 8.91. The van der Waals surface area contributed by atoms with Crippen molar-refractivity contribution in [1.29, 1.82) is 0 Å². The minimum Gasteiger partial charge on any atom is -0.393 e. The van der Waals surface area contributed by atoms with E-state index in [-0.39, 0.29) is 34.9 Å². The van der Waals surface area contributed by atoms with Gasteiger partial charge in [-0.2, -0.15) is 19.3 Å². The Morgan fingerprint density at radius 2 is 1.89 bits per heavy atom. The number of anilines is 1. The number of aromatic nitrogens is 3. The van der Waals surface area contributed by atoms with Crippen LogP contribution in [0.3, 0.4) is 0 Å². The van der Waals surface area contributed by atoms with Crippen molar-refractivity contribution >= 4 is 21.9 Å². The van der Waals surface area contributed by atoms with Crippen LogP contribution < -0.4 is 5.01 Å². The highest BCUT2D eigenvalue weighted by molar-refractivity contribution is 7.89. The topological polar surface area (TPSA) is 107 Å². The zero-order chi connectivity index (χ0) is 26.6.